The highest BCUT2D eigenvalue weighted by Crippen LogP contribution is 2.28. The van der Waals surface area contributed by atoms with Gasteiger partial charge < -0.3 is 14.8 Å². The highest BCUT2D eigenvalue weighted by molar-refractivity contribution is 6.02. The first kappa shape index (κ1) is 21.1. The second-order valence-electron chi connectivity index (χ2n) is 5.03. The van der Waals surface area contributed by atoms with Crippen molar-refractivity contribution in [2.45, 2.75) is 13.2 Å². The van der Waals surface area contributed by atoms with Crippen molar-refractivity contribution in [3.63, 3.8) is 0 Å². The van der Waals surface area contributed by atoms with E-state index in [0.717, 1.165) is 30.4 Å². The first-order valence-electron chi connectivity index (χ1n) is 7.33. The number of hydrogen-bond donors (Lipinski definition) is 1. The summed E-state index contributed by atoms with van der Waals surface area (Å²) in [5.74, 6) is -6.14. The number of benzene rings is 2. The van der Waals surface area contributed by atoms with Crippen LogP contribution in [-0.2, 0) is 4.79 Å². The van der Waals surface area contributed by atoms with E-state index in [0.29, 0.717) is 6.07 Å². The van der Waals surface area contributed by atoms with E-state index in [2.05, 4.69) is 9.47 Å². The average Bonchev–Trinajstić information content (AvgIpc) is 2.58. The Hall–Kier alpha value is -3.24. The van der Waals surface area contributed by atoms with Crippen LogP contribution in [0.15, 0.2) is 36.4 Å². The number of hydrogen-bond acceptors (Lipinski definition) is 3. The largest absolute Gasteiger partial charge is 0.435 e. The van der Waals surface area contributed by atoms with Crippen molar-refractivity contribution in [2.75, 3.05) is 5.32 Å². The molecule has 0 aliphatic rings. The highest BCUT2D eigenvalue weighted by atomic mass is 19.3. The van der Waals surface area contributed by atoms with Crippen molar-refractivity contribution in [3.8, 4) is 11.5 Å². The smallest absolute Gasteiger partial charge is 0.387 e. The van der Waals surface area contributed by atoms with Gasteiger partial charge in [0.1, 0.15) is 17.3 Å². The normalized spacial score (nSPS) is 11.3. The van der Waals surface area contributed by atoms with E-state index in [1.807, 2.05) is 5.32 Å². The van der Waals surface area contributed by atoms with Gasteiger partial charge in [0.25, 0.3) is 0 Å². The van der Waals surface area contributed by atoms with Crippen LogP contribution in [0.3, 0.4) is 0 Å². The van der Waals surface area contributed by atoms with Gasteiger partial charge in [-0.2, -0.15) is 17.6 Å². The molecule has 0 unspecified atom stereocenters. The molecule has 2 aromatic rings. The van der Waals surface area contributed by atoms with Gasteiger partial charge in [-0.05, 0) is 18.2 Å². The summed E-state index contributed by atoms with van der Waals surface area (Å²) in [5.41, 5.74) is -0.777. The minimum Gasteiger partial charge on any atom is -0.435 e. The van der Waals surface area contributed by atoms with Gasteiger partial charge in [-0.1, -0.05) is 0 Å². The first-order valence-corrected chi connectivity index (χ1v) is 7.33. The molecule has 0 aromatic heterocycles. The molecular formula is C17H10F7NO3. The standard InChI is InChI=1S/C17H10F7NO3/c18-10-6-12(20)13(7-11(10)19)25-15(26)4-2-8-1-3-9(27-16(21)22)5-14(8)28-17(23)24/h1-7,16-17H,(H,25,26). The van der Waals surface area contributed by atoms with Crippen LogP contribution in [0, 0.1) is 17.5 Å². The molecule has 0 atom stereocenters. The van der Waals surface area contributed by atoms with Crippen LogP contribution in [0.5, 0.6) is 11.5 Å². The van der Waals surface area contributed by atoms with Gasteiger partial charge in [0.15, 0.2) is 11.6 Å². The molecule has 0 aliphatic heterocycles. The Morgan fingerprint density at radius 2 is 1.54 bits per heavy atom. The third kappa shape index (κ3) is 5.89. The summed E-state index contributed by atoms with van der Waals surface area (Å²) < 4.78 is 97.0. The summed E-state index contributed by atoms with van der Waals surface area (Å²) in [4.78, 5) is 11.8. The van der Waals surface area contributed by atoms with Gasteiger partial charge >= 0.3 is 13.2 Å². The van der Waals surface area contributed by atoms with Gasteiger partial charge in [-0.15, -0.1) is 0 Å². The van der Waals surface area contributed by atoms with Gasteiger partial charge in [0, 0.05) is 29.8 Å². The van der Waals surface area contributed by atoms with E-state index in [4.69, 9.17) is 0 Å². The predicted molar refractivity (Wildman–Crippen MR) is 83.7 cm³/mol. The molecule has 0 heterocycles. The molecular weight excluding hydrogens is 399 g/mol. The fraction of sp³-hybridized carbons (Fsp3) is 0.118. The molecule has 0 fully saturated rings. The Morgan fingerprint density at radius 3 is 2.18 bits per heavy atom. The first-order chi connectivity index (χ1) is 13.2. The Kier molecular flexibility index (Phi) is 6.85. The molecule has 0 radical (unpaired) electrons. The molecule has 0 spiro atoms. The van der Waals surface area contributed by atoms with Gasteiger partial charge in [-0.25, -0.2) is 13.2 Å². The summed E-state index contributed by atoms with van der Waals surface area (Å²) in [6.07, 6.45) is 1.71. The van der Waals surface area contributed by atoms with Crippen LogP contribution in [-0.4, -0.2) is 19.1 Å². The Morgan fingerprint density at radius 1 is 0.893 bits per heavy atom. The maximum atomic E-state index is 13.5. The van der Waals surface area contributed by atoms with Crippen LogP contribution in [0.4, 0.5) is 36.4 Å². The predicted octanol–water partition coefficient (Wildman–Crippen LogP) is 4.96. The molecule has 0 saturated heterocycles. The summed E-state index contributed by atoms with van der Waals surface area (Å²) >= 11 is 0. The molecule has 28 heavy (non-hydrogen) atoms. The monoisotopic (exact) mass is 409 g/mol. The molecule has 0 saturated carbocycles. The maximum absolute atomic E-state index is 13.5. The van der Waals surface area contributed by atoms with Crippen molar-refractivity contribution < 1.29 is 45.0 Å². The van der Waals surface area contributed by atoms with Gasteiger partial charge in [0.05, 0.1) is 5.69 Å². The third-order valence-corrected chi connectivity index (χ3v) is 3.11. The van der Waals surface area contributed by atoms with E-state index in [-0.39, 0.29) is 11.6 Å². The lowest BCUT2D eigenvalue weighted by molar-refractivity contribution is -0.111. The molecule has 1 N–H and O–H groups in total. The Labute approximate surface area is 153 Å². The highest BCUT2D eigenvalue weighted by Gasteiger charge is 2.14. The summed E-state index contributed by atoms with van der Waals surface area (Å²) in [6.45, 7) is -6.49. The average molecular weight is 409 g/mol. The van der Waals surface area contributed by atoms with Crippen LogP contribution in [0.25, 0.3) is 6.08 Å². The van der Waals surface area contributed by atoms with Crippen molar-refractivity contribution >= 4 is 17.7 Å². The summed E-state index contributed by atoms with van der Waals surface area (Å²) in [5, 5.41) is 1.93. The lowest BCUT2D eigenvalue weighted by Gasteiger charge is -2.11. The van der Waals surface area contributed by atoms with E-state index in [9.17, 15) is 35.5 Å². The molecule has 11 heteroatoms. The maximum Gasteiger partial charge on any atom is 0.387 e. The number of nitrogens with one attached hydrogen (secondary N) is 1. The number of carbonyl (C=O) groups is 1. The number of amides is 1. The second kappa shape index (κ2) is 9.11. The van der Waals surface area contributed by atoms with E-state index < -0.39 is 53.8 Å². The fourth-order valence-corrected chi connectivity index (χ4v) is 1.98. The third-order valence-electron chi connectivity index (χ3n) is 3.11. The summed E-state index contributed by atoms with van der Waals surface area (Å²) in [7, 11) is 0. The quantitative estimate of drug-likeness (QED) is 0.400. The van der Waals surface area contributed by atoms with E-state index in [1.165, 1.54) is 0 Å². The Bertz CT molecular complexity index is 887. The topological polar surface area (TPSA) is 47.6 Å². The SMILES string of the molecule is O=C(C=Cc1ccc(OC(F)F)cc1OC(F)F)Nc1cc(F)c(F)cc1F. The van der Waals surface area contributed by atoms with Gasteiger partial charge in [-0.3, -0.25) is 4.79 Å². The zero-order valence-electron chi connectivity index (χ0n) is 13.6. The molecule has 4 nitrogen and oxygen atoms in total. The number of anilines is 1. The molecule has 2 aromatic carbocycles. The minimum absolute atomic E-state index is 0.122. The zero-order valence-corrected chi connectivity index (χ0v) is 13.6. The number of ether oxygens (including phenoxy) is 2. The van der Waals surface area contributed by atoms with Crippen LogP contribution < -0.4 is 14.8 Å². The molecule has 1 amide bonds. The molecule has 2 rings (SSSR count). The summed E-state index contributed by atoms with van der Waals surface area (Å²) in [6, 6.07) is 3.46. The number of rotatable bonds is 7. The van der Waals surface area contributed by atoms with Crippen molar-refractivity contribution in [1.82, 2.24) is 0 Å². The minimum atomic E-state index is -3.29. The van der Waals surface area contributed by atoms with Crippen LogP contribution in [0.2, 0.25) is 0 Å². The molecule has 0 aliphatic carbocycles. The lowest BCUT2D eigenvalue weighted by atomic mass is 10.1. The van der Waals surface area contributed by atoms with E-state index in [1.54, 1.807) is 0 Å². The molecule has 150 valence electrons. The van der Waals surface area contributed by atoms with E-state index >= 15 is 0 Å². The number of alkyl halides is 4. The van der Waals surface area contributed by atoms with Crippen LogP contribution in [0.1, 0.15) is 5.56 Å². The Balaban J connectivity index is 2.19. The van der Waals surface area contributed by atoms with Crippen LogP contribution >= 0.6 is 0 Å². The second-order valence-corrected chi connectivity index (χ2v) is 5.03. The van der Waals surface area contributed by atoms with Crippen molar-refractivity contribution in [2.24, 2.45) is 0 Å². The number of halogens is 7. The van der Waals surface area contributed by atoms with Crippen molar-refractivity contribution in [3.05, 3.63) is 59.4 Å². The molecule has 0 bridgehead atoms. The van der Waals surface area contributed by atoms with Crippen molar-refractivity contribution in [1.29, 1.82) is 0 Å². The number of carbonyl (C=O) groups excluding carboxylic acids is 1. The lowest BCUT2D eigenvalue weighted by Crippen LogP contribution is -2.10. The van der Waals surface area contributed by atoms with Gasteiger partial charge in [0.2, 0.25) is 5.91 Å². The fourth-order valence-electron chi connectivity index (χ4n) is 1.98. The zero-order chi connectivity index (χ0) is 20.8.